The summed E-state index contributed by atoms with van der Waals surface area (Å²) in [5.41, 5.74) is 1.18. The molecule has 118 valence electrons. The molecule has 0 spiro atoms. The molecule has 6 nitrogen and oxygen atoms in total. The zero-order valence-electron chi connectivity index (χ0n) is 13.1. The van der Waals surface area contributed by atoms with Crippen molar-refractivity contribution in [2.45, 2.75) is 45.3 Å². The van der Waals surface area contributed by atoms with Crippen molar-refractivity contribution in [3.63, 3.8) is 0 Å². The molecule has 2 aromatic rings. The number of hydrogen-bond donors (Lipinski definition) is 2. The number of aryl methyl sites for hydroxylation is 1. The van der Waals surface area contributed by atoms with Crippen LogP contribution >= 0.6 is 0 Å². The van der Waals surface area contributed by atoms with Gasteiger partial charge in [-0.05, 0) is 38.8 Å². The molecule has 1 aromatic carbocycles. The standard InChI is InChI=1S/C16H21N3O3/c1-10-17-12-7-6-11(9-13(12)22-10)18-15(20)19-8-4-5-14(19)16(2,3)21/h6-7,9,14,21H,4-5,8H2,1-3H3,(H,18,20). The second kappa shape index (κ2) is 5.28. The van der Waals surface area contributed by atoms with Crippen LogP contribution in [0, 0.1) is 6.92 Å². The van der Waals surface area contributed by atoms with Gasteiger partial charge in [-0.1, -0.05) is 0 Å². The molecule has 1 unspecified atom stereocenters. The highest BCUT2D eigenvalue weighted by Gasteiger charge is 2.38. The number of anilines is 1. The SMILES string of the molecule is Cc1nc2ccc(NC(=O)N3CCCC3C(C)(C)O)cc2o1. The maximum absolute atomic E-state index is 12.5. The van der Waals surface area contributed by atoms with Gasteiger partial charge in [0.15, 0.2) is 11.5 Å². The van der Waals surface area contributed by atoms with E-state index in [4.69, 9.17) is 4.42 Å². The van der Waals surface area contributed by atoms with E-state index in [0.29, 0.717) is 23.7 Å². The molecule has 3 rings (SSSR count). The van der Waals surface area contributed by atoms with E-state index in [2.05, 4.69) is 10.3 Å². The molecule has 1 aromatic heterocycles. The number of benzene rings is 1. The van der Waals surface area contributed by atoms with Crippen molar-refractivity contribution in [2.75, 3.05) is 11.9 Å². The second-order valence-corrected chi connectivity index (χ2v) is 6.35. The Hall–Kier alpha value is -2.08. The number of carbonyl (C=O) groups is 1. The molecule has 2 heterocycles. The smallest absolute Gasteiger partial charge is 0.322 e. The molecule has 1 fully saturated rings. The number of hydrogen-bond acceptors (Lipinski definition) is 4. The highest BCUT2D eigenvalue weighted by molar-refractivity contribution is 5.92. The molecule has 0 saturated carbocycles. The van der Waals surface area contributed by atoms with Crippen LogP contribution in [0.3, 0.4) is 0 Å². The third kappa shape index (κ3) is 2.78. The van der Waals surface area contributed by atoms with Crippen LogP contribution in [0.2, 0.25) is 0 Å². The largest absolute Gasteiger partial charge is 0.441 e. The first-order valence-corrected chi connectivity index (χ1v) is 7.52. The molecule has 1 aliphatic heterocycles. The zero-order valence-corrected chi connectivity index (χ0v) is 13.1. The average Bonchev–Trinajstić information content (AvgIpc) is 3.02. The zero-order chi connectivity index (χ0) is 15.9. The number of likely N-dealkylation sites (tertiary alicyclic amines) is 1. The van der Waals surface area contributed by atoms with E-state index in [-0.39, 0.29) is 12.1 Å². The van der Waals surface area contributed by atoms with Crippen LogP contribution in [0.25, 0.3) is 11.1 Å². The molecule has 2 N–H and O–H groups in total. The molecule has 0 radical (unpaired) electrons. The van der Waals surface area contributed by atoms with E-state index in [0.717, 1.165) is 18.4 Å². The molecule has 0 aliphatic carbocycles. The van der Waals surface area contributed by atoms with Gasteiger partial charge in [0.25, 0.3) is 0 Å². The maximum Gasteiger partial charge on any atom is 0.322 e. The predicted molar refractivity (Wildman–Crippen MR) is 83.8 cm³/mol. The number of carbonyl (C=O) groups excluding carboxylic acids is 1. The maximum atomic E-state index is 12.5. The summed E-state index contributed by atoms with van der Waals surface area (Å²) in [6.45, 7) is 5.93. The molecular formula is C16H21N3O3. The average molecular weight is 303 g/mol. The van der Waals surface area contributed by atoms with Gasteiger partial charge in [-0.3, -0.25) is 0 Å². The molecule has 22 heavy (non-hydrogen) atoms. The summed E-state index contributed by atoms with van der Waals surface area (Å²) in [7, 11) is 0. The van der Waals surface area contributed by atoms with Gasteiger partial charge in [-0.25, -0.2) is 9.78 Å². The number of aliphatic hydroxyl groups is 1. The summed E-state index contributed by atoms with van der Waals surface area (Å²) in [4.78, 5) is 18.4. The number of nitrogens with one attached hydrogen (secondary N) is 1. The Morgan fingerprint density at radius 3 is 3.00 bits per heavy atom. The van der Waals surface area contributed by atoms with E-state index in [9.17, 15) is 9.90 Å². The van der Waals surface area contributed by atoms with Crippen LogP contribution in [-0.2, 0) is 0 Å². The number of amides is 2. The first-order chi connectivity index (χ1) is 10.3. The van der Waals surface area contributed by atoms with E-state index in [1.165, 1.54) is 0 Å². The summed E-state index contributed by atoms with van der Waals surface area (Å²) in [6.07, 6.45) is 1.72. The number of oxazole rings is 1. The molecule has 0 bridgehead atoms. The summed E-state index contributed by atoms with van der Waals surface area (Å²) >= 11 is 0. The summed E-state index contributed by atoms with van der Waals surface area (Å²) in [5.74, 6) is 0.597. The predicted octanol–water partition coefficient (Wildman–Crippen LogP) is 2.90. The van der Waals surface area contributed by atoms with Crippen molar-refractivity contribution >= 4 is 22.8 Å². The van der Waals surface area contributed by atoms with E-state index >= 15 is 0 Å². The van der Waals surface area contributed by atoms with Crippen LogP contribution < -0.4 is 5.32 Å². The molecule has 1 atom stereocenters. The third-order valence-electron chi connectivity index (χ3n) is 4.08. The van der Waals surface area contributed by atoms with E-state index in [1.807, 2.05) is 6.07 Å². The first kappa shape index (κ1) is 14.8. The highest BCUT2D eigenvalue weighted by atomic mass is 16.3. The van der Waals surface area contributed by atoms with Crippen molar-refractivity contribution in [1.82, 2.24) is 9.88 Å². The Labute approximate surface area is 129 Å². The fraction of sp³-hybridized carbons (Fsp3) is 0.500. The topological polar surface area (TPSA) is 78.6 Å². The van der Waals surface area contributed by atoms with E-state index < -0.39 is 5.60 Å². The lowest BCUT2D eigenvalue weighted by Crippen LogP contribution is -2.49. The first-order valence-electron chi connectivity index (χ1n) is 7.52. The minimum atomic E-state index is -0.903. The minimum absolute atomic E-state index is 0.163. The molecule has 6 heteroatoms. The van der Waals surface area contributed by atoms with Gasteiger partial charge in [-0.15, -0.1) is 0 Å². The normalized spacial score (nSPS) is 18.9. The van der Waals surface area contributed by atoms with Crippen LogP contribution in [0.15, 0.2) is 22.6 Å². The third-order valence-corrected chi connectivity index (χ3v) is 4.08. The number of rotatable bonds is 2. The molecule has 2 amide bonds. The van der Waals surface area contributed by atoms with Gasteiger partial charge < -0.3 is 19.7 Å². The van der Waals surface area contributed by atoms with E-state index in [1.54, 1.807) is 37.8 Å². The van der Waals surface area contributed by atoms with Crippen LogP contribution in [0.1, 0.15) is 32.6 Å². The minimum Gasteiger partial charge on any atom is -0.441 e. The second-order valence-electron chi connectivity index (χ2n) is 6.35. The Morgan fingerprint density at radius 2 is 2.27 bits per heavy atom. The number of fused-ring (bicyclic) bond motifs is 1. The lowest BCUT2D eigenvalue weighted by atomic mass is 9.97. The number of aromatic nitrogens is 1. The Bertz CT molecular complexity index is 702. The van der Waals surface area contributed by atoms with Crippen LogP contribution in [0.4, 0.5) is 10.5 Å². The Morgan fingerprint density at radius 1 is 1.50 bits per heavy atom. The van der Waals surface area contributed by atoms with Gasteiger partial charge in [0.1, 0.15) is 5.52 Å². The lowest BCUT2D eigenvalue weighted by molar-refractivity contribution is 0.0117. The van der Waals surface area contributed by atoms with Gasteiger partial charge in [-0.2, -0.15) is 0 Å². The summed E-state index contributed by atoms with van der Waals surface area (Å²) in [5, 5.41) is 13.1. The van der Waals surface area contributed by atoms with Crippen LogP contribution in [-0.4, -0.2) is 39.2 Å². The van der Waals surface area contributed by atoms with Gasteiger partial charge in [0.2, 0.25) is 0 Å². The summed E-state index contributed by atoms with van der Waals surface area (Å²) < 4.78 is 5.47. The molecule has 1 aliphatic rings. The Kier molecular flexibility index (Phi) is 3.56. The quantitative estimate of drug-likeness (QED) is 0.894. The van der Waals surface area contributed by atoms with Crippen molar-refractivity contribution in [2.24, 2.45) is 0 Å². The number of nitrogens with zero attached hydrogens (tertiary/aromatic N) is 2. The number of urea groups is 1. The highest BCUT2D eigenvalue weighted by Crippen LogP contribution is 2.28. The lowest BCUT2D eigenvalue weighted by Gasteiger charge is -2.33. The van der Waals surface area contributed by atoms with Gasteiger partial charge >= 0.3 is 6.03 Å². The van der Waals surface area contributed by atoms with Crippen molar-refractivity contribution in [1.29, 1.82) is 0 Å². The fourth-order valence-electron chi connectivity index (χ4n) is 3.06. The monoisotopic (exact) mass is 303 g/mol. The van der Waals surface area contributed by atoms with Crippen molar-refractivity contribution < 1.29 is 14.3 Å². The fourth-order valence-corrected chi connectivity index (χ4v) is 3.06. The molecule has 1 saturated heterocycles. The Balaban J connectivity index is 1.77. The van der Waals surface area contributed by atoms with Crippen molar-refractivity contribution in [3.05, 3.63) is 24.1 Å². The van der Waals surface area contributed by atoms with Crippen molar-refractivity contribution in [3.8, 4) is 0 Å². The van der Waals surface area contributed by atoms with Gasteiger partial charge in [0.05, 0.1) is 11.6 Å². The summed E-state index contributed by atoms with van der Waals surface area (Å²) in [6, 6.07) is 5.03. The van der Waals surface area contributed by atoms with Gasteiger partial charge in [0, 0.05) is 25.2 Å². The molecular weight excluding hydrogens is 282 g/mol. The van der Waals surface area contributed by atoms with Crippen LogP contribution in [0.5, 0.6) is 0 Å².